The second-order valence-electron chi connectivity index (χ2n) is 5.85. The fourth-order valence-corrected chi connectivity index (χ4v) is 3.60. The van der Waals surface area contributed by atoms with Crippen molar-refractivity contribution in [2.24, 2.45) is 0 Å². The largest absolute Gasteiger partial charge is 0.341 e. The number of imidazole rings is 1. The molecule has 0 aliphatic carbocycles. The Kier molecular flexibility index (Phi) is 3.88. The molecule has 3 aromatic heterocycles. The normalized spacial score (nSPS) is 18.6. The minimum Gasteiger partial charge on any atom is -0.341 e. The van der Waals surface area contributed by atoms with Gasteiger partial charge in [0.05, 0.1) is 35.3 Å². The molecule has 1 aliphatic rings. The Balaban J connectivity index is 1.52. The van der Waals surface area contributed by atoms with E-state index >= 15 is 0 Å². The van der Waals surface area contributed by atoms with Gasteiger partial charge in [0.1, 0.15) is 5.69 Å². The van der Waals surface area contributed by atoms with E-state index in [0.717, 1.165) is 48.1 Å². The lowest BCUT2D eigenvalue weighted by atomic mass is 10.1. The van der Waals surface area contributed by atoms with Gasteiger partial charge in [0, 0.05) is 23.8 Å². The predicted octanol–water partition coefficient (Wildman–Crippen LogP) is 2.97. The lowest BCUT2D eigenvalue weighted by Gasteiger charge is -2.22. The zero-order valence-corrected chi connectivity index (χ0v) is 13.8. The van der Waals surface area contributed by atoms with Crippen molar-refractivity contribution in [3.63, 3.8) is 0 Å². The molecule has 0 aromatic carbocycles. The summed E-state index contributed by atoms with van der Waals surface area (Å²) in [6.07, 6.45) is 7.81. The minimum absolute atomic E-state index is 0.330. The molecule has 3 aromatic rings. The van der Waals surface area contributed by atoms with E-state index in [1.54, 1.807) is 17.5 Å². The average Bonchev–Trinajstić information content (AvgIpc) is 3.30. The van der Waals surface area contributed by atoms with Crippen LogP contribution >= 0.6 is 11.3 Å². The second-order valence-corrected chi connectivity index (χ2v) is 6.57. The summed E-state index contributed by atoms with van der Waals surface area (Å²) in [4.78, 5) is 23.5. The number of aromatic nitrogens is 5. The number of thiazole rings is 1. The van der Waals surface area contributed by atoms with Gasteiger partial charge < -0.3 is 4.98 Å². The van der Waals surface area contributed by atoms with Crippen LogP contribution in [-0.4, -0.2) is 36.4 Å². The minimum atomic E-state index is 0.330. The van der Waals surface area contributed by atoms with Crippen LogP contribution < -0.4 is 0 Å². The van der Waals surface area contributed by atoms with Crippen LogP contribution in [0.5, 0.6) is 0 Å². The van der Waals surface area contributed by atoms with Crippen molar-refractivity contribution >= 4 is 11.3 Å². The molecular formula is C16H18N6S. The van der Waals surface area contributed by atoms with Gasteiger partial charge in [-0.15, -0.1) is 11.3 Å². The monoisotopic (exact) mass is 326 g/mol. The zero-order chi connectivity index (χ0) is 15.6. The summed E-state index contributed by atoms with van der Waals surface area (Å²) in [6, 6.07) is 0.330. The molecule has 1 aliphatic heterocycles. The van der Waals surface area contributed by atoms with E-state index in [2.05, 4.69) is 35.2 Å². The number of likely N-dealkylation sites (tertiary alicyclic amines) is 1. The van der Waals surface area contributed by atoms with Crippen LogP contribution in [-0.2, 0) is 6.54 Å². The number of hydrogen-bond acceptors (Lipinski definition) is 6. The van der Waals surface area contributed by atoms with E-state index in [9.17, 15) is 0 Å². The van der Waals surface area contributed by atoms with Gasteiger partial charge in [-0.05, 0) is 26.3 Å². The maximum atomic E-state index is 4.64. The number of H-pyrrole nitrogens is 1. The van der Waals surface area contributed by atoms with Crippen LogP contribution in [0.3, 0.4) is 0 Å². The van der Waals surface area contributed by atoms with Gasteiger partial charge in [0.25, 0.3) is 0 Å². The van der Waals surface area contributed by atoms with Crippen molar-refractivity contribution in [3.05, 3.63) is 46.6 Å². The Morgan fingerprint density at radius 2 is 2.17 bits per heavy atom. The zero-order valence-electron chi connectivity index (χ0n) is 12.9. The van der Waals surface area contributed by atoms with Crippen molar-refractivity contribution in [1.29, 1.82) is 0 Å². The third kappa shape index (κ3) is 3.02. The lowest BCUT2D eigenvalue weighted by Crippen LogP contribution is -2.23. The Morgan fingerprint density at radius 3 is 2.87 bits per heavy atom. The summed E-state index contributed by atoms with van der Waals surface area (Å²) < 4.78 is 0. The van der Waals surface area contributed by atoms with Crippen LogP contribution in [0.25, 0.3) is 11.5 Å². The first kappa shape index (κ1) is 14.5. The summed E-state index contributed by atoms with van der Waals surface area (Å²) in [5.41, 5.74) is 5.87. The summed E-state index contributed by atoms with van der Waals surface area (Å²) in [6.45, 7) is 3.95. The fourth-order valence-electron chi connectivity index (χ4n) is 3.05. The summed E-state index contributed by atoms with van der Waals surface area (Å²) >= 11 is 1.65. The molecule has 4 rings (SSSR count). The van der Waals surface area contributed by atoms with E-state index in [0.29, 0.717) is 6.04 Å². The standard InChI is InChI=1S/C16H18N6S/c1-11-5-19-16(21-11)14-7-17-13(6-18-14)15-3-2-4-22(15)8-12-9-23-10-20-12/h5-7,9-10,15H,2-4,8H2,1H3,(H,19,21). The van der Waals surface area contributed by atoms with E-state index in [1.165, 1.54) is 6.42 Å². The van der Waals surface area contributed by atoms with E-state index < -0.39 is 0 Å². The Labute approximate surface area is 138 Å². The average molecular weight is 326 g/mol. The van der Waals surface area contributed by atoms with E-state index in [1.807, 2.05) is 24.8 Å². The van der Waals surface area contributed by atoms with Crippen molar-refractivity contribution < 1.29 is 0 Å². The van der Waals surface area contributed by atoms with Crippen LogP contribution in [0.4, 0.5) is 0 Å². The van der Waals surface area contributed by atoms with Crippen molar-refractivity contribution in [3.8, 4) is 11.5 Å². The smallest absolute Gasteiger partial charge is 0.157 e. The molecule has 0 saturated carbocycles. The summed E-state index contributed by atoms with van der Waals surface area (Å²) in [5, 5.41) is 2.11. The number of hydrogen-bond donors (Lipinski definition) is 1. The number of nitrogens with zero attached hydrogens (tertiary/aromatic N) is 5. The molecule has 1 atom stereocenters. The maximum Gasteiger partial charge on any atom is 0.157 e. The molecule has 6 nitrogen and oxygen atoms in total. The highest BCUT2D eigenvalue weighted by atomic mass is 32.1. The highest BCUT2D eigenvalue weighted by Crippen LogP contribution is 2.32. The molecule has 0 spiro atoms. The Bertz CT molecular complexity index is 764. The molecule has 1 unspecified atom stereocenters. The highest BCUT2D eigenvalue weighted by molar-refractivity contribution is 7.07. The van der Waals surface area contributed by atoms with Gasteiger partial charge >= 0.3 is 0 Å². The van der Waals surface area contributed by atoms with Gasteiger partial charge in [0.15, 0.2) is 5.82 Å². The molecule has 0 amide bonds. The van der Waals surface area contributed by atoms with Gasteiger partial charge in [-0.3, -0.25) is 9.88 Å². The quantitative estimate of drug-likeness (QED) is 0.798. The predicted molar refractivity (Wildman–Crippen MR) is 88.8 cm³/mol. The maximum absolute atomic E-state index is 4.64. The first-order chi connectivity index (χ1) is 11.3. The highest BCUT2D eigenvalue weighted by Gasteiger charge is 2.27. The molecule has 4 heterocycles. The number of nitrogens with one attached hydrogen (secondary N) is 1. The molecular weight excluding hydrogens is 308 g/mol. The molecule has 23 heavy (non-hydrogen) atoms. The van der Waals surface area contributed by atoms with Gasteiger partial charge in [-0.25, -0.2) is 15.0 Å². The number of rotatable bonds is 4. The summed E-state index contributed by atoms with van der Waals surface area (Å²) in [5.74, 6) is 0.771. The third-order valence-electron chi connectivity index (χ3n) is 4.17. The number of aromatic amines is 1. The third-order valence-corrected chi connectivity index (χ3v) is 4.81. The SMILES string of the molecule is Cc1cnc(-c2cnc(C3CCCN3Cc3cscn3)cn2)[nH]1. The van der Waals surface area contributed by atoms with E-state index in [-0.39, 0.29) is 0 Å². The molecule has 0 bridgehead atoms. The topological polar surface area (TPSA) is 70.6 Å². The Morgan fingerprint density at radius 1 is 1.22 bits per heavy atom. The second kappa shape index (κ2) is 6.17. The van der Waals surface area contributed by atoms with Gasteiger partial charge in [-0.1, -0.05) is 0 Å². The molecule has 1 fully saturated rings. The van der Waals surface area contributed by atoms with Gasteiger partial charge in [0.2, 0.25) is 0 Å². The molecule has 7 heteroatoms. The molecule has 1 saturated heterocycles. The van der Waals surface area contributed by atoms with Crippen LogP contribution in [0.2, 0.25) is 0 Å². The fraction of sp³-hybridized carbons (Fsp3) is 0.375. The van der Waals surface area contributed by atoms with Crippen molar-refractivity contribution in [1.82, 2.24) is 29.8 Å². The molecule has 1 N–H and O–H groups in total. The van der Waals surface area contributed by atoms with Crippen LogP contribution in [0, 0.1) is 6.92 Å². The van der Waals surface area contributed by atoms with Crippen molar-refractivity contribution in [2.75, 3.05) is 6.54 Å². The van der Waals surface area contributed by atoms with Gasteiger partial charge in [-0.2, -0.15) is 0 Å². The Hall–Kier alpha value is -2.12. The van der Waals surface area contributed by atoms with Crippen LogP contribution in [0.1, 0.15) is 36.0 Å². The lowest BCUT2D eigenvalue weighted by molar-refractivity contribution is 0.241. The van der Waals surface area contributed by atoms with Crippen LogP contribution in [0.15, 0.2) is 29.5 Å². The number of aryl methyl sites for hydroxylation is 1. The van der Waals surface area contributed by atoms with E-state index in [4.69, 9.17) is 0 Å². The summed E-state index contributed by atoms with van der Waals surface area (Å²) in [7, 11) is 0. The van der Waals surface area contributed by atoms with Crippen molar-refractivity contribution in [2.45, 2.75) is 32.4 Å². The molecule has 0 radical (unpaired) electrons. The first-order valence-electron chi connectivity index (χ1n) is 7.74. The first-order valence-corrected chi connectivity index (χ1v) is 8.69. The molecule has 118 valence electrons.